The molecule has 0 saturated carbocycles. The summed E-state index contributed by atoms with van der Waals surface area (Å²) >= 11 is 0. The quantitative estimate of drug-likeness (QED) is 0.0222. The number of aliphatic hydroxyl groups excluding tert-OH is 1. The minimum atomic E-state index is -4.94. The summed E-state index contributed by atoms with van der Waals surface area (Å²) in [6.45, 7) is 9.37. The molecule has 0 aliphatic carbocycles. The van der Waals surface area contributed by atoms with Crippen LogP contribution in [-0.4, -0.2) is 96.7 Å². The van der Waals surface area contributed by atoms with E-state index in [1.165, 1.54) is 96.3 Å². The van der Waals surface area contributed by atoms with E-state index in [2.05, 4.69) is 41.5 Å². The molecule has 486 valence electrons. The van der Waals surface area contributed by atoms with Gasteiger partial charge in [0.25, 0.3) is 0 Å². The highest BCUT2D eigenvalue weighted by Gasteiger charge is 2.30. The fourth-order valence-corrected chi connectivity index (χ4v) is 10.9. The minimum Gasteiger partial charge on any atom is -0.462 e. The SMILES string of the molecule is CCCCCCCCCC(=O)OC[C@H](COP(=O)(O)OC[C@H](O)COP(=O)(O)OC[C@@H](COC(=O)CCCCCCCCCC(C)C)OC(=O)CCCCCCCCCCCCCCCCCC(C)C)OC(=O)CCCCCCCCC. The first-order valence-corrected chi connectivity index (χ1v) is 36.0. The normalized spacial score (nSPS) is 14.3. The summed E-state index contributed by atoms with van der Waals surface area (Å²) in [5, 5.41) is 10.5. The Morgan fingerprint density at radius 1 is 0.329 bits per heavy atom. The smallest absolute Gasteiger partial charge is 0.462 e. The van der Waals surface area contributed by atoms with Gasteiger partial charge in [-0.25, -0.2) is 9.13 Å². The first-order chi connectivity index (χ1) is 39.4. The van der Waals surface area contributed by atoms with E-state index in [4.69, 9.17) is 37.0 Å². The molecular formula is C63H122O17P2. The zero-order chi connectivity index (χ0) is 60.8. The lowest BCUT2D eigenvalue weighted by atomic mass is 10.0. The molecule has 3 N–H and O–H groups in total. The standard InChI is InChI=1S/C63H122O17P2/c1-7-9-11-13-25-33-39-45-60(65)73-51-58(79-62(67)47-41-35-26-14-12-10-8-2)53-77-81(69,70)75-49-57(64)50-76-82(71,72)78-54-59(52-74-61(66)46-40-34-30-24-28-32-38-44-56(5)6)80-63(68)48-42-36-29-23-21-19-17-15-16-18-20-22-27-31-37-43-55(3)4/h55-59,64H,7-54H2,1-6H3,(H,69,70)(H,71,72)/t57-,58+,59+/m0/s1. The number of rotatable bonds is 62. The van der Waals surface area contributed by atoms with Crippen molar-refractivity contribution in [2.45, 2.75) is 330 Å². The van der Waals surface area contributed by atoms with Crippen LogP contribution < -0.4 is 0 Å². The molecule has 0 aliphatic heterocycles. The maximum atomic E-state index is 13.0. The molecule has 0 heterocycles. The number of carbonyl (C=O) groups is 4. The van der Waals surface area contributed by atoms with Crippen LogP contribution >= 0.6 is 15.6 Å². The van der Waals surface area contributed by atoms with Crippen molar-refractivity contribution in [1.29, 1.82) is 0 Å². The van der Waals surface area contributed by atoms with E-state index in [9.17, 15) is 43.2 Å². The second-order valence-electron chi connectivity index (χ2n) is 23.7. The van der Waals surface area contributed by atoms with Gasteiger partial charge in [0.2, 0.25) is 0 Å². The number of carbonyl (C=O) groups excluding carboxylic acids is 4. The first-order valence-electron chi connectivity index (χ1n) is 33.0. The van der Waals surface area contributed by atoms with Crippen LogP contribution in [0.3, 0.4) is 0 Å². The van der Waals surface area contributed by atoms with Crippen molar-refractivity contribution in [3.8, 4) is 0 Å². The third-order valence-electron chi connectivity index (χ3n) is 14.5. The lowest BCUT2D eigenvalue weighted by Gasteiger charge is -2.21. The van der Waals surface area contributed by atoms with Gasteiger partial charge in [-0.2, -0.15) is 0 Å². The van der Waals surface area contributed by atoms with Crippen LogP contribution in [0.4, 0.5) is 0 Å². The van der Waals surface area contributed by atoms with E-state index >= 15 is 0 Å². The lowest BCUT2D eigenvalue weighted by molar-refractivity contribution is -0.161. The molecule has 2 unspecified atom stereocenters. The van der Waals surface area contributed by atoms with Crippen molar-refractivity contribution in [2.75, 3.05) is 39.6 Å². The largest absolute Gasteiger partial charge is 0.472 e. The molecule has 0 aliphatic rings. The summed E-state index contributed by atoms with van der Waals surface area (Å²) in [4.78, 5) is 71.9. The van der Waals surface area contributed by atoms with Gasteiger partial charge in [-0.05, 0) is 37.5 Å². The molecule has 19 heteroatoms. The highest BCUT2D eigenvalue weighted by Crippen LogP contribution is 2.45. The van der Waals surface area contributed by atoms with Crippen LogP contribution in [0.5, 0.6) is 0 Å². The van der Waals surface area contributed by atoms with Crippen molar-refractivity contribution in [2.24, 2.45) is 11.8 Å². The number of hydrogen-bond donors (Lipinski definition) is 3. The number of ether oxygens (including phenoxy) is 4. The third kappa shape index (κ3) is 57.2. The molecule has 0 amide bonds. The van der Waals surface area contributed by atoms with Gasteiger partial charge in [-0.3, -0.25) is 37.3 Å². The number of aliphatic hydroxyl groups is 1. The summed E-state index contributed by atoms with van der Waals surface area (Å²) in [5.41, 5.74) is 0. The predicted octanol–water partition coefficient (Wildman–Crippen LogP) is 17.3. The topological polar surface area (TPSA) is 237 Å². The molecular weight excluding hydrogens is 1090 g/mol. The average Bonchev–Trinajstić information content (AvgIpc) is 3.44. The molecule has 82 heavy (non-hydrogen) atoms. The number of phosphoric acid groups is 2. The molecule has 5 atom stereocenters. The van der Waals surface area contributed by atoms with Crippen LogP contribution in [0.25, 0.3) is 0 Å². The van der Waals surface area contributed by atoms with E-state index in [0.29, 0.717) is 31.6 Å². The third-order valence-corrected chi connectivity index (χ3v) is 16.4. The highest BCUT2D eigenvalue weighted by molar-refractivity contribution is 7.47. The fourth-order valence-electron chi connectivity index (χ4n) is 9.35. The number of hydrogen-bond acceptors (Lipinski definition) is 15. The number of esters is 4. The number of unbranched alkanes of at least 4 members (excludes halogenated alkanes) is 32. The van der Waals surface area contributed by atoms with Crippen LogP contribution in [0.2, 0.25) is 0 Å². The molecule has 0 bridgehead atoms. The minimum absolute atomic E-state index is 0.103. The van der Waals surface area contributed by atoms with E-state index in [-0.39, 0.29) is 25.7 Å². The fraction of sp³-hybridized carbons (Fsp3) is 0.937. The Morgan fingerprint density at radius 2 is 0.561 bits per heavy atom. The lowest BCUT2D eigenvalue weighted by Crippen LogP contribution is -2.30. The monoisotopic (exact) mass is 1210 g/mol. The van der Waals surface area contributed by atoms with Gasteiger partial charge in [-0.15, -0.1) is 0 Å². The average molecular weight is 1210 g/mol. The zero-order valence-electron chi connectivity index (χ0n) is 52.8. The predicted molar refractivity (Wildman–Crippen MR) is 326 cm³/mol. The van der Waals surface area contributed by atoms with Crippen molar-refractivity contribution in [3.05, 3.63) is 0 Å². The summed E-state index contributed by atoms with van der Waals surface area (Å²) in [5.74, 6) is -0.637. The van der Waals surface area contributed by atoms with Gasteiger partial charge >= 0.3 is 39.5 Å². The second kappa shape index (κ2) is 55.6. The number of phosphoric ester groups is 2. The summed E-state index contributed by atoms with van der Waals surface area (Å²) in [7, 11) is -9.87. The highest BCUT2D eigenvalue weighted by atomic mass is 31.2. The van der Waals surface area contributed by atoms with Crippen LogP contribution in [0, 0.1) is 11.8 Å². The maximum Gasteiger partial charge on any atom is 0.472 e. The molecule has 17 nitrogen and oxygen atoms in total. The van der Waals surface area contributed by atoms with Gasteiger partial charge in [0.15, 0.2) is 12.2 Å². The molecule has 0 aromatic rings. The Morgan fingerprint density at radius 3 is 0.829 bits per heavy atom. The summed E-state index contributed by atoms with van der Waals surface area (Å²) < 4.78 is 67.7. The van der Waals surface area contributed by atoms with Crippen LogP contribution in [0.15, 0.2) is 0 Å². The van der Waals surface area contributed by atoms with Gasteiger partial charge < -0.3 is 33.8 Å². The Hall–Kier alpha value is -1.94. The Labute approximate surface area is 498 Å². The van der Waals surface area contributed by atoms with Crippen molar-refractivity contribution < 1.29 is 80.2 Å². The van der Waals surface area contributed by atoms with Gasteiger partial charge in [0, 0.05) is 25.7 Å². The summed E-state index contributed by atoms with van der Waals surface area (Å²) in [6, 6.07) is 0. The first kappa shape index (κ1) is 80.1. The van der Waals surface area contributed by atoms with Gasteiger partial charge in [0.05, 0.1) is 26.4 Å². The van der Waals surface area contributed by atoms with Gasteiger partial charge in [0.1, 0.15) is 19.3 Å². The molecule has 0 aromatic carbocycles. The molecule has 0 spiro atoms. The Balaban J connectivity index is 5.13. The molecule has 0 fully saturated rings. The van der Waals surface area contributed by atoms with Crippen molar-refractivity contribution in [1.82, 2.24) is 0 Å². The van der Waals surface area contributed by atoms with Crippen molar-refractivity contribution in [3.63, 3.8) is 0 Å². The summed E-state index contributed by atoms with van der Waals surface area (Å²) in [6.07, 6.45) is 38.0. The molecule has 0 saturated heterocycles. The molecule has 0 aromatic heterocycles. The van der Waals surface area contributed by atoms with Gasteiger partial charge in [-0.1, -0.05) is 260 Å². The second-order valence-corrected chi connectivity index (χ2v) is 26.7. The van der Waals surface area contributed by atoms with E-state index in [1.807, 2.05) is 0 Å². The molecule has 0 rings (SSSR count). The molecule has 0 radical (unpaired) electrons. The zero-order valence-corrected chi connectivity index (χ0v) is 54.6. The van der Waals surface area contributed by atoms with Crippen LogP contribution in [0.1, 0.15) is 311 Å². The van der Waals surface area contributed by atoms with E-state index in [0.717, 1.165) is 128 Å². The Kier molecular flexibility index (Phi) is 54.3. The Bertz CT molecular complexity index is 1620. The van der Waals surface area contributed by atoms with Crippen LogP contribution in [-0.2, 0) is 65.4 Å². The van der Waals surface area contributed by atoms with E-state index in [1.54, 1.807) is 0 Å². The van der Waals surface area contributed by atoms with E-state index < -0.39 is 97.5 Å². The maximum absolute atomic E-state index is 13.0. The van der Waals surface area contributed by atoms with Crippen molar-refractivity contribution >= 4 is 39.5 Å².